The van der Waals surface area contributed by atoms with Gasteiger partial charge in [0, 0.05) is 23.5 Å². The van der Waals surface area contributed by atoms with Crippen molar-refractivity contribution in [1.82, 2.24) is 25.1 Å². The van der Waals surface area contributed by atoms with Gasteiger partial charge in [-0.2, -0.15) is 5.10 Å². The Morgan fingerprint density at radius 3 is 2.72 bits per heavy atom. The minimum atomic E-state index is -0.318. The quantitative estimate of drug-likeness (QED) is 0.681. The molecule has 2 aliphatic rings. The van der Waals surface area contributed by atoms with Crippen LogP contribution in [-0.4, -0.2) is 43.4 Å². The number of carbonyl (C=O) groups excluding carboxylic acids is 2. The second kappa shape index (κ2) is 7.81. The number of halogens is 1. The number of aromatic amines is 1. The highest BCUT2D eigenvalue weighted by Gasteiger charge is 2.37. The molecule has 1 N–H and O–H groups in total. The standard InChI is InChI=1S/C23H23FN6O2/c1-13-17-10-20(31)30(12-15-5-7-16(24)8-6-15)22(17)27-21(26-13)19-4-3-9-29(19)23(32)18-11-25-28-14(18)2/h5-8,11,19H,3-4,9-10,12H2,1-2H3,(H,25,28)/t19-/m0/s1. The molecule has 0 radical (unpaired) electrons. The van der Waals surface area contributed by atoms with Crippen molar-refractivity contribution in [3.63, 3.8) is 0 Å². The number of aryl methyl sites for hydroxylation is 2. The van der Waals surface area contributed by atoms with Crippen LogP contribution in [0.2, 0.25) is 0 Å². The van der Waals surface area contributed by atoms with Crippen LogP contribution in [0.4, 0.5) is 10.2 Å². The van der Waals surface area contributed by atoms with Crippen LogP contribution in [0.25, 0.3) is 0 Å². The van der Waals surface area contributed by atoms with E-state index in [1.807, 2.05) is 13.8 Å². The van der Waals surface area contributed by atoms with E-state index in [0.29, 0.717) is 30.3 Å². The topological polar surface area (TPSA) is 95.1 Å². The van der Waals surface area contributed by atoms with Crippen LogP contribution in [0, 0.1) is 19.7 Å². The highest BCUT2D eigenvalue weighted by Crippen LogP contribution is 2.36. The predicted octanol–water partition coefficient (Wildman–Crippen LogP) is 3.02. The highest BCUT2D eigenvalue weighted by atomic mass is 19.1. The number of hydrogen-bond donors (Lipinski definition) is 1. The molecule has 1 saturated heterocycles. The van der Waals surface area contributed by atoms with Gasteiger partial charge in [0.1, 0.15) is 11.6 Å². The van der Waals surface area contributed by atoms with Gasteiger partial charge in [0.25, 0.3) is 5.91 Å². The van der Waals surface area contributed by atoms with Crippen molar-refractivity contribution < 1.29 is 14.0 Å². The number of rotatable bonds is 4. The molecule has 2 aliphatic heterocycles. The Morgan fingerprint density at radius 1 is 1.22 bits per heavy atom. The number of benzene rings is 1. The summed E-state index contributed by atoms with van der Waals surface area (Å²) < 4.78 is 13.3. The Morgan fingerprint density at radius 2 is 2.00 bits per heavy atom. The largest absolute Gasteiger partial charge is 0.328 e. The Bertz CT molecular complexity index is 1210. The average molecular weight is 434 g/mol. The molecule has 1 atom stereocenters. The fourth-order valence-corrected chi connectivity index (χ4v) is 4.48. The fourth-order valence-electron chi connectivity index (χ4n) is 4.48. The molecule has 5 rings (SSSR count). The molecule has 0 saturated carbocycles. The maximum Gasteiger partial charge on any atom is 0.257 e. The number of hydrogen-bond acceptors (Lipinski definition) is 5. The van der Waals surface area contributed by atoms with Crippen molar-refractivity contribution in [2.75, 3.05) is 11.4 Å². The summed E-state index contributed by atoms with van der Waals surface area (Å²) in [5.41, 5.74) is 3.64. The summed E-state index contributed by atoms with van der Waals surface area (Å²) in [4.78, 5) is 38.8. The van der Waals surface area contributed by atoms with Gasteiger partial charge in [-0.3, -0.25) is 19.6 Å². The van der Waals surface area contributed by atoms with Crippen LogP contribution < -0.4 is 4.90 Å². The molecular formula is C23H23FN6O2. The molecule has 0 unspecified atom stereocenters. The maximum absolute atomic E-state index is 13.3. The van der Waals surface area contributed by atoms with Gasteiger partial charge >= 0.3 is 0 Å². The molecule has 32 heavy (non-hydrogen) atoms. The van der Waals surface area contributed by atoms with Gasteiger partial charge in [-0.05, 0) is 44.4 Å². The van der Waals surface area contributed by atoms with Crippen molar-refractivity contribution in [1.29, 1.82) is 0 Å². The van der Waals surface area contributed by atoms with E-state index in [-0.39, 0.29) is 30.1 Å². The minimum absolute atomic E-state index is 0.0627. The lowest BCUT2D eigenvalue weighted by Gasteiger charge is -2.25. The molecule has 1 fully saturated rings. The zero-order chi connectivity index (χ0) is 22.4. The maximum atomic E-state index is 13.3. The van der Waals surface area contributed by atoms with Gasteiger partial charge in [0.15, 0.2) is 5.82 Å². The first kappa shape index (κ1) is 20.3. The molecule has 0 bridgehead atoms. The van der Waals surface area contributed by atoms with Crippen molar-refractivity contribution >= 4 is 17.6 Å². The van der Waals surface area contributed by atoms with Crippen LogP contribution in [0.15, 0.2) is 30.5 Å². The fraction of sp³-hybridized carbons (Fsp3) is 0.348. The Kier molecular flexibility index (Phi) is 4.96. The molecule has 3 aromatic rings. The first-order chi connectivity index (χ1) is 15.4. The van der Waals surface area contributed by atoms with Crippen molar-refractivity contribution in [3.05, 3.63) is 70.2 Å². The van der Waals surface area contributed by atoms with E-state index in [1.54, 1.807) is 28.1 Å². The first-order valence-electron chi connectivity index (χ1n) is 10.7. The van der Waals surface area contributed by atoms with Gasteiger partial charge < -0.3 is 4.90 Å². The van der Waals surface area contributed by atoms with Crippen molar-refractivity contribution in [3.8, 4) is 0 Å². The number of carbonyl (C=O) groups is 2. The second-order valence-electron chi connectivity index (χ2n) is 8.32. The molecule has 2 amide bonds. The number of amides is 2. The van der Waals surface area contributed by atoms with Crippen LogP contribution in [-0.2, 0) is 17.8 Å². The summed E-state index contributed by atoms with van der Waals surface area (Å²) in [6.07, 6.45) is 3.40. The van der Waals surface area contributed by atoms with E-state index in [1.165, 1.54) is 12.1 Å². The highest BCUT2D eigenvalue weighted by molar-refractivity contribution is 6.00. The molecule has 2 aromatic heterocycles. The SMILES string of the molecule is Cc1nc([C@@H]2CCCN2C(=O)c2cn[nH]c2C)nc2c1CC(=O)N2Cc1ccc(F)cc1. The van der Waals surface area contributed by atoms with E-state index in [2.05, 4.69) is 10.2 Å². The minimum Gasteiger partial charge on any atom is -0.328 e. The Hall–Kier alpha value is -3.62. The summed E-state index contributed by atoms with van der Waals surface area (Å²) in [5.74, 6) is 0.654. The van der Waals surface area contributed by atoms with E-state index >= 15 is 0 Å². The van der Waals surface area contributed by atoms with Gasteiger partial charge in [0.05, 0.1) is 30.8 Å². The summed E-state index contributed by atoms with van der Waals surface area (Å²) >= 11 is 0. The van der Waals surface area contributed by atoms with Crippen molar-refractivity contribution in [2.45, 2.75) is 45.7 Å². The molecule has 164 valence electrons. The number of aromatic nitrogens is 4. The number of nitrogens with one attached hydrogen (secondary N) is 1. The number of likely N-dealkylation sites (tertiary alicyclic amines) is 1. The van der Waals surface area contributed by atoms with Crippen LogP contribution >= 0.6 is 0 Å². The van der Waals surface area contributed by atoms with E-state index in [4.69, 9.17) is 9.97 Å². The predicted molar refractivity (Wildman–Crippen MR) is 114 cm³/mol. The molecule has 0 aliphatic carbocycles. The third-order valence-corrected chi connectivity index (χ3v) is 6.22. The monoisotopic (exact) mass is 434 g/mol. The molecular weight excluding hydrogens is 411 g/mol. The first-order valence-corrected chi connectivity index (χ1v) is 10.7. The molecule has 1 aromatic carbocycles. The van der Waals surface area contributed by atoms with Gasteiger partial charge in [0.2, 0.25) is 5.91 Å². The number of nitrogens with zero attached hydrogens (tertiary/aromatic N) is 5. The van der Waals surface area contributed by atoms with E-state index in [9.17, 15) is 14.0 Å². The van der Waals surface area contributed by atoms with E-state index < -0.39 is 0 Å². The zero-order valence-electron chi connectivity index (χ0n) is 17.9. The lowest BCUT2D eigenvalue weighted by Crippen LogP contribution is -2.32. The summed E-state index contributed by atoms with van der Waals surface area (Å²) in [6.45, 7) is 4.62. The number of H-pyrrole nitrogens is 1. The normalized spacial score (nSPS) is 17.8. The Balaban J connectivity index is 1.47. The van der Waals surface area contributed by atoms with Crippen molar-refractivity contribution in [2.24, 2.45) is 0 Å². The zero-order valence-corrected chi connectivity index (χ0v) is 17.9. The second-order valence-corrected chi connectivity index (χ2v) is 8.32. The summed E-state index contributed by atoms with van der Waals surface area (Å²) in [7, 11) is 0. The lowest BCUT2D eigenvalue weighted by molar-refractivity contribution is -0.117. The molecule has 9 heteroatoms. The van der Waals surface area contributed by atoms with Crippen LogP contribution in [0.1, 0.15) is 57.6 Å². The third kappa shape index (κ3) is 3.43. The number of fused-ring (bicyclic) bond motifs is 1. The average Bonchev–Trinajstić information content (AvgIpc) is 3.49. The molecule has 8 nitrogen and oxygen atoms in total. The Labute approximate surface area is 184 Å². The third-order valence-electron chi connectivity index (χ3n) is 6.22. The van der Waals surface area contributed by atoms with E-state index in [0.717, 1.165) is 35.4 Å². The van der Waals surface area contributed by atoms with Gasteiger partial charge in [-0.15, -0.1) is 0 Å². The molecule has 4 heterocycles. The van der Waals surface area contributed by atoms with Crippen LogP contribution in [0.5, 0.6) is 0 Å². The van der Waals surface area contributed by atoms with Gasteiger partial charge in [-0.25, -0.2) is 14.4 Å². The van der Waals surface area contributed by atoms with Crippen LogP contribution in [0.3, 0.4) is 0 Å². The smallest absolute Gasteiger partial charge is 0.257 e. The van der Waals surface area contributed by atoms with Gasteiger partial charge in [-0.1, -0.05) is 12.1 Å². The number of anilines is 1. The lowest BCUT2D eigenvalue weighted by atomic mass is 10.1. The molecule has 0 spiro atoms. The summed E-state index contributed by atoms with van der Waals surface area (Å²) in [5, 5.41) is 6.78. The summed E-state index contributed by atoms with van der Waals surface area (Å²) in [6, 6.07) is 5.84.